The monoisotopic (exact) mass is 501 g/mol. The van der Waals surface area contributed by atoms with Gasteiger partial charge in [-0.15, -0.1) is 0 Å². The minimum atomic E-state index is -0.801. The largest absolute Gasteiger partial charge is 0.496 e. The van der Waals surface area contributed by atoms with Gasteiger partial charge in [-0.05, 0) is 56.2 Å². The van der Waals surface area contributed by atoms with Crippen LogP contribution in [0.3, 0.4) is 0 Å². The van der Waals surface area contributed by atoms with E-state index in [9.17, 15) is 14.4 Å². The van der Waals surface area contributed by atoms with Crippen LogP contribution in [0.4, 0.5) is 11.4 Å². The number of H-pyrrole nitrogens is 1. The number of nitrogens with zero attached hydrogens (tertiary/aromatic N) is 1. The molecule has 2 aromatic carbocycles. The van der Waals surface area contributed by atoms with Crippen LogP contribution in [0.1, 0.15) is 29.8 Å². The quantitative estimate of drug-likeness (QED) is 0.269. The highest BCUT2D eigenvalue weighted by Crippen LogP contribution is 2.32. The lowest BCUT2D eigenvalue weighted by Crippen LogP contribution is -2.49. The molecular formula is C27H27N5O5. The summed E-state index contributed by atoms with van der Waals surface area (Å²) in [5, 5.41) is 8.19. The first-order valence-corrected chi connectivity index (χ1v) is 11.5. The second kappa shape index (κ2) is 10.8. The highest BCUT2D eigenvalue weighted by Gasteiger charge is 2.25. The molecule has 190 valence electrons. The molecule has 4 aromatic rings. The van der Waals surface area contributed by atoms with Crippen LogP contribution < -0.4 is 20.7 Å². The average molecular weight is 502 g/mol. The Hall–Kier alpha value is -4.86. The first-order valence-electron chi connectivity index (χ1n) is 11.5. The highest BCUT2D eigenvalue weighted by molar-refractivity contribution is 6.39. The van der Waals surface area contributed by atoms with Gasteiger partial charge in [-0.25, -0.2) is 4.98 Å². The van der Waals surface area contributed by atoms with Crippen LogP contribution in [-0.4, -0.2) is 40.3 Å². The maximum Gasteiger partial charge on any atom is 0.313 e. The highest BCUT2D eigenvalue weighted by atomic mass is 16.5. The van der Waals surface area contributed by atoms with Gasteiger partial charge in [0.15, 0.2) is 12.2 Å². The molecular weight excluding hydrogens is 474 g/mol. The molecule has 2 aromatic heterocycles. The molecule has 2 heterocycles. The fourth-order valence-electron chi connectivity index (χ4n) is 3.80. The summed E-state index contributed by atoms with van der Waals surface area (Å²) in [5.41, 5.74) is 2.47. The lowest BCUT2D eigenvalue weighted by molar-refractivity contribution is -0.137. The summed E-state index contributed by atoms with van der Waals surface area (Å²) in [4.78, 5) is 44.1. The van der Waals surface area contributed by atoms with Crippen molar-refractivity contribution in [3.05, 3.63) is 84.6 Å². The van der Waals surface area contributed by atoms with E-state index in [1.54, 1.807) is 55.0 Å². The van der Waals surface area contributed by atoms with Gasteiger partial charge < -0.3 is 30.1 Å². The molecule has 10 nitrogen and oxygen atoms in total. The molecule has 10 heteroatoms. The molecule has 4 rings (SSSR count). The molecule has 0 saturated heterocycles. The van der Waals surface area contributed by atoms with E-state index in [1.165, 1.54) is 13.5 Å². The fourth-order valence-corrected chi connectivity index (χ4v) is 3.80. The summed E-state index contributed by atoms with van der Waals surface area (Å²) in [7, 11) is 1.50. The fraction of sp³-hybridized carbons (Fsp3) is 0.185. The van der Waals surface area contributed by atoms with Crippen LogP contribution in [0.15, 0.2) is 77.9 Å². The Morgan fingerprint density at radius 1 is 1.00 bits per heavy atom. The predicted molar refractivity (Wildman–Crippen MR) is 138 cm³/mol. The van der Waals surface area contributed by atoms with Crippen LogP contribution in [-0.2, 0) is 16.0 Å². The molecule has 0 radical (unpaired) electrons. The van der Waals surface area contributed by atoms with Gasteiger partial charge in [0.25, 0.3) is 5.91 Å². The van der Waals surface area contributed by atoms with E-state index in [-0.39, 0.29) is 5.91 Å². The van der Waals surface area contributed by atoms with E-state index in [4.69, 9.17) is 9.15 Å². The zero-order valence-corrected chi connectivity index (χ0v) is 20.6. The number of hydrogen-bond acceptors (Lipinski definition) is 6. The third-order valence-electron chi connectivity index (χ3n) is 5.53. The number of amides is 3. The van der Waals surface area contributed by atoms with E-state index < -0.39 is 17.4 Å². The molecule has 0 spiro atoms. The SMILES string of the molecule is COc1cc(NC(=O)C(=O)NC(C)(C)Cc2ccc(NC(=O)c3cc[nH]c3)cc2)ccc1-c1cnco1. The normalized spacial score (nSPS) is 11.0. The van der Waals surface area contributed by atoms with Crippen molar-refractivity contribution in [3.63, 3.8) is 0 Å². The minimum Gasteiger partial charge on any atom is -0.496 e. The molecule has 0 aliphatic carbocycles. The third kappa shape index (κ3) is 6.43. The Bertz CT molecular complexity index is 1380. The van der Waals surface area contributed by atoms with Crippen LogP contribution in [0.5, 0.6) is 5.75 Å². The first-order chi connectivity index (χ1) is 17.7. The molecule has 0 aliphatic heterocycles. The summed E-state index contributed by atoms with van der Waals surface area (Å²) >= 11 is 0. The number of oxazole rings is 1. The van der Waals surface area contributed by atoms with Gasteiger partial charge in [0, 0.05) is 35.4 Å². The summed E-state index contributed by atoms with van der Waals surface area (Å²) in [6, 6.07) is 14.0. The van der Waals surface area contributed by atoms with Crippen molar-refractivity contribution >= 4 is 29.1 Å². The van der Waals surface area contributed by atoms with E-state index in [0.717, 1.165) is 5.56 Å². The summed E-state index contributed by atoms with van der Waals surface area (Å²) in [6.07, 6.45) is 6.64. The van der Waals surface area contributed by atoms with E-state index in [1.807, 2.05) is 26.0 Å². The molecule has 0 fully saturated rings. The Balaban J connectivity index is 1.33. The Morgan fingerprint density at radius 3 is 2.41 bits per heavy atom. The molecule has 0 saturated carbocycles. The van der Waals surface area contributed by atoms with Crippen molar-refractivity contribution in [2.75, 3.05) is 17.7 Å². The number of rotatable bonds is 8. The summed E-state index contributed by atoms with van der Waals surface area (Å²) < 4.78 is 10.7. The van der Waals surface area contributed by atoms with Crippen LogP contribution in [0.2, 0.25) is 0 Å². The number of hydrogen-bond donors (Lipinski definition) is 4. The van der Waals surface area contributed by atoms with Crippen molar-refractivity contribution in [1.82, 2.24) is 15.3 Å². The van der Waals surface area contributed by atoms with Gasteiger partial charge in [0.1, 0.15) is 5.75 Å². The van der Waals surface area contributed by atoms with Gasteiger partial charge >= 0.3 is 11.8 Å². The number of anilines is 2. The molecule has 0 unspecified atom stereocenters. The number of carbonyl (C=O) groups excluding carboxylic acids is 3. The number of carbonyl (C=O) groups is 3. The predicted octanol–water partition coefficient (Wildman–Crippen LogP) is 4.01. The Labute approximate surface area is 213 Å². The maximum absolute atomic E-state index is 12.6. The van der Waals surface area contributed by atoms with Crippen LogP contribution >= 0.6 is 0 Å². The smallest absolute Gasteiger partial charge is 0.313 e. The number of nitrogens with one attached hydrogen (secondary N) is 4. The van der Waals surface area contributed by atoms with Gasteiger partial charge in [0.05, 0.1) is 24.4 Å². The minimum absolute atomic E-state index is 0.210. The maximum atomic E-state index is 12.6. The lowest BCUT2D eigenvalue weighted by atomic mass is 9.94. The number of benzene rings is 2. The van der Waals surface area contributed by atoms with Gasteiger partial charge in [0.2, 0.25) is 0 Å². The topological polar surface area (TPSA) is 138 Å². The lowest BCUT2D eigenvalue weighted by Gasteiger charge is -2.26. The molecule has 37 heavy (non-hydrogen) atoms. The second-order valence-electron chi connectivity index (χ2n) is 9.00. The number of aromatic amines is 1. The van der Waals surface area contributed by atoms with Crippen molar-refractivity contribution < 1.29 is 23.5 Å². The van der Waals surface area contributed by atoms with E-state index in [0.29, 0.717) is 40.4 Å². The zero-order chi connectivity index (χ0) is 26.4. The molecule has 0 aliphatic rings. The molecule has 4 N–H and O–H groups in total. The first kappa shape index (κ1) is 25.2. The third-order valence-corrected chi connectivity index (χ3v) is 5.53. The molecule has 0 atom stereocenters. The van der Waals surface area contributed by atoms with E-state index >= 15 is 0 Å². The average Bonchev–Trinajstić information content (AvgIpc) is 3.59. The number of methoxy groups -OCH3 is 1. The van der Waals surface area contributed by atoms with Crippen LogP contribution in [0.25, 0.3) is 11.3 Å². The Morgan fingerprint density at radius 2 is 1.76 bits per heavy atom. The van der Waals surface area contributed by atoms with Crippen molar-refractivity contribution in [1.29, 1.82) is 0 Å². The van der Waals surface area contributed by atoms with Crippen LogP contribution in [0, 0.1) is 0 Å². The van der Waals surface area contributed by atoms with Crippen molar-refractivity contribution in [3.8, 4) is 17.1 Å². The van der Waals surface area contributed by atoms with Gasteiger partial charge in [-0.1, -0.05) is 12.1 Å². The van der Waals surface area contributed by atoms with Crippen molar-refractivity contribution in [2.45, 2.75) is 25.8 Å². The Kier molecular flexibility index (Phi) is 7.38. The zero-order valence-electron chi connectivity index (χ0n) is 20.6. The van der Waals surface area contributed by atoms with Crippen molar-refractivity contribution in [2.24, 2.45) is 0 Å². The van der Waals surface area contributed by atoms with E-state index in [2.05, 4.69) is 25.9 Å². The number of ether oxygens (including phenoxy) is 1. The summed E-state index contributed by atoms with van der Waals surface area (Å²) in [5.74, 6) is -0.796. The number of aromatic nitrogens is 2. The molecule has 3 amide bonds. The van der Waals surface area contributed by atoms with Gasteiger partial charge in [-0.2, -0.15) is 0 Å². The van der Waals surface area contributed by atoms with Gasteiger partial charge in [-0.3, -0.25) is 14.4 Å². The summed E-state index contributed by atoms with van der Waals surface area (Å²) in [6.45, 7) is 3.66. The standard InChI is InChI=1S/C27H27N5O5/c1-27(2,13-17-4-6-19(7-5-17)30-24(33)18-10-11-28-14-18)32-26(35)25(34)31-20-8-9-21(22(12-20)36-3)23-15-29-16-37-23/h4-12,14-16,28H,13H2,1-3H3,(H,30,33)(H,31,34)(H,32,35). The second-order valence-corrected chi connectivity index (χ2v) is 9.00. The molecule has 0 bridgehead atoms.